The molecule has 0 saturated carbocycles. The van der Waals surface area contributed by atoms with Crippen LogP contribution in [0.15, 0.2) is 59.0 Å². The summed E-state index contributed by atoms with van der Waals surface area (Å²) in [6.45, 7) is 0.920. The third kappa shape index (κ3) is 2.18. The van der Waals surface area contributed by atoms with E-state index in [0.29, 0.717) is 30.6 Å². The molecule has 3 heterocycles. The van der Waals surface area contributed by atoms with Crippen molar-refractivity contribution in [1.29, 1.82) is 0 Å². The Balaban J connectivity index is 1.48. The first-order valence-corrected chi connectivity index (χ1v) is 8.35. The Hall–Kier alpha value is -3.03. The van der Waals surface area contributed by atoms with Gasteiger partial charge in [0.25, 0.3) is 11.7 Å². The number of carbonyl (C=O) groups excluding carboxylic acids is 1. The number of anilines is 1. The summed E-state index contributed by atoms with van der Waals surface area (Å²) in [5.74, 6) is -0.847. The van der Waals surface area contributed by atoms with Crippen molar-refractivity contribution in [2.45, 2.75) is 12.3 Å². The first-order valence-electron chi connectivity index (χ1n) is 8.35. The van der Waals surface area contributed by atoms with Gasteiger partial charge in [-0.2, -0.15) is 0 Å². The summed E-state index contributed by atoms with van der Waals surface area (Å²) in [4.78, 5) is 14.6. The highest BCUT2D eigenvalue weighted by atomic mass is 16.7. The molecule has 0 N–H and O–H groups in total. The van der Waals surface area contributed by atoms with Gasteiger partial charge in [-0.15, -0.1) is 10.2 Å². The molecule has 5 rings (SSSR count). The number of hydrogen-bond acceptors (Lipinski definition) is 6. The van der Waals surface area contributed by atoms with Crippen LogP contribution >= 0.6 is 0 Å². The minimum absolute atomic E-state index is 0.157. The van der Waals surface area contributed by atoms with Crippen LogP contribution < -0.4 is 4.90 Å². The topological polar surface area (TPSA) is 77.7 Å². The molecule has 0 bridgehead atoms. The molecule has 2 aliphatic heterocycles. The van der Waals surface area contributed by atoms with Crippen molar-refractivity contribution in [3.63, 3.8) is 0 Å². The van der Waals surface area contributed by atoms with E-state index in [0.717, 1.165) is 11.3 Å². The highest BCUT2D eigenvalue weighted by Crippen LogP contribution is 2.46. The average Bonchev–Trinajstić information content (AvgIpc) is 3.41. The molecule has 1 amide bonds. The highest BCUT2D eigenvalue weighted by molar-refractivity contribution is 6.06. The van der Waals surface area contributed by atoms with Crippen LogP contribution in [0.4, 0.5) is 5.69 Å². The Morgan fingerprint density at radius 3 is 2.50 bits per heavy atom. The van der Waals surface area contributed by atoms with Crippen LogP contribution in [-0.4, -0.2) is 29.3 Å². The van der Waals surface area contributed by atoms with E-state index in [1.165, 1.54) is 0 Å². The van der Waals surface area contributed by atoms with Crippen molar-refractivity contribution < 1.29 is 18.7 Å². The lowest BCUT2D eigenvalue weighted by Gasteiger charge is -2.21. The van der Waals surface area contributed by atoms with Crippen LogP contribution in [0.25, 0.3) is 11.5 Å². The van der Waals surface area contributed by atoms with Crippen molar-refractivity contribution in [2.75, 3.05) is 18.1 Å². The third-order valence-electron chi connectivity index (χ3n) is 4.55. The van der Waals surface area contributed by atoms with E-state index >= 15 is 0 Å². The van der Waals surface area contributed by atoms with Crippen LogP contribution in [0.3, 0.4) is 0 Å². The Bertz CT molecular complexity index is 964. The summed E-state index contributed by atoms with van der Waals surface area (Å²) < 4.78 is 17.2. The minimum atomic E-state index is -1.35. The number of hydrogen-bond donors (Lipinski definition) is 0. The van der Waals surface area contributed by atoms with Crippen LogP contribution in [0.2, 0.25) is 0 Å². The Labute approximate surface area is 149 Å². The van der Waals surface area contributed by atoms with Crippen molar-refractivity contribution in [2.24, 2.45) is 0 Å². The lowest BCUT2D eigenvalue weighted by molar-refractivity contribution is -0.180. The fourth-order valence-electron chi connectivity index (χ4n) is 3.39. The fourth-order valence-corrected chi connectivity index (χ4v) is 3.39. The molecule has 7 nitrogen and oxygen atoms in total. The molecule has 0 aliphatic carbocycles. The van der Waals surface area contributed by atoms with Crippen molar-refractivity contribution >= 4 is 11.6 Å². The Kier molecular flexibility index (Phi) is 3.37. The van der Waals surface area contributed by atoms with E-state index in [9.17, 15) is 4.79 Å². The molecule has 130 valence electrons. The second-order valence-electron chi connectivity index (χ2n) is 6.09. The van der Waals surface area contributed by atoms with Gasteiger partial charge >= 0.3 is 0 Å². The second kappa shape index (κ2) is 5.76. The standard InChI is InChI=1S/C19H15N3O4/c23-18-19(24-10-11-25-19)14-8-4-5-9-15(14)22(18)12-16-20-21-17(26-16)13-6-2-1-3-7-13/h1-9H,10-12H2. The summed E-state index contributed by atoms with van der Waals surface area (Å²) in [5, 5.41) is 8.17. The fraction of sp³-hybridized carbons (Fsp3) is 0.211. The van der Waals surface area contributed by atoms with Crippen LogP contribution in [-0.2, 0) is 26.6 Å². The lowest BCUT2D eigenvalue weighted by atomic mass is 10.1. The van der Waals surface area contributed by atoms with E-state index in [1.807, 2.05) is 54.6 Å². The number of fused-ring (bicyclic) bond motifs is 2. The molecule has 2 aromatic carbocycles. The van der Waals surface area contributed by atoms with Gasteiger partial charge in [-0.05, 0) is 18.2 Å². The van der Waals surface area contributed by atoms with Gasteiger partial charge in [0, 0.05) is 11.1 Å². The molecule has 1 spiro atoms. The highest BCUT2D eigenvalue weighted by Gasteiger charge is 2.56. The van der Waals surface area contributed by atoms with Crippen molar-refractivity contribution in [1.82, 2.24) is 10.2 Å². The summed E-state index contributed by atoms with van der Waals surface area (Å²) in [6.07, 6.45) is 0. The average molecular weight is 349 g/mol. The zero-order chi connectivity index (χ0) is 17.6. The number of carbonyl (C=O) groups is 1. The van der Waals surface area contributed by atoms with Gasteiger partial charge in [-0.1, -0.05) is 36.4 Å². The molecule has 1 saturated heterocycles. The largest absolute Gasteiger partial charge is 0.419 e. The molecule has 26 heavy (non-hydrogen) atoms. The normalized spacial score (nSPS) is 17.8. The minimum Gasteiger partial charge on any atom is -0.419 e. The Morgan fingerprint density at radius 2 is 1.69 bits per heavy atom. The molecule has 7 heteroatoms. The molecule has 1 aromatic heterocycles. The predicted molar refractivity (Wildman–Crippen MR) is 90.9 cm³/mol. The Morgan fingerprint density at radius 1 is 0.962 bits per heavy atom. The summed E-state index contributed by atoms with van der Waals surface area (Å²) >= 11 is 0. The smallest absolute Gasteiger partial charge is 0.293 e. The van der Waals surface area contributed by atoms with Crippen LogP contribution in [0, 0.1) is 0 Å². The van der Waals surface area contributed by atoms with Gasteiger partial charge in [0.05, 0.1) is 18.9 Å². The lowest BCUT2D eigenvalue weighted by Crippen LogP contribution is -2.40. The molecule has 3 aromatic rings. The molecular formula is C19H15N3O4. The van der Waals surface area contributed by atoms with E-state index in [-0.39, 0.29) is 12.5 Å². The van der Waals surface area contributed by atoms with Crippen LogP contribution in [0.5, 0.6) is 0 Å². The SMILES string of the molecule is O=C1N(Cc2nnc(-c3ccccc3)o2)c2ccccc2C12OCCO2. The van der Waals surface area contributed by atoms with Crippen LogP contribution in [0.1, 0.15) is 11.5 Å². The molecular weight excluding hydrogens is 334 g/mol. The molecule has 1 fully saturated rings. The summed E-state index contributed by atoms with van der Waals surface area (Å²) in [7, 11) is 0. The molecule has 2 aliphatic rings. The zero-order valence-corrected chi connectivity index (χ0v) is 13.8. The summed E-state index contributed by atoms with van der Waals surface area (Å²) in [5.41, 5.74) is 2.28. The van der Waals surface area contributed by atoms with E-state index in [4.69, 9.17) is 13.9 Å². The van der Waals surface area contributed by atoms with E-state index in [1.54, 1.807) is 4.90 Å². The first-order chi connectivity index (χ1) is 12.8. The number of ether oxygens (including phenoxy) is 2. The zero-order valence-electron chi connectivity index (χ0n) is 13.8. The molecule has 0 atom stereocenters. The summed E-state index contributed by atoms with van der Waals surface area (Å²) in [6, 6.07) is 16.9. The maximum Gasteiger partial charge on any atom is 0.293 e. The second-order valence-corrected chi connectivity index (χ2v) is 6.09. The van der Waals surface area contributed by atoms with Gasteiger partial charge in [0.15, 0.2) is 0 Å². The molecule has 0 unspecified atom stereocenters. The molecule has 0 radical (unpaired) electrons. The van der Waals surface area contributed by atoms with Gasteiger partial charge in [0.1, 0.15) is 6.54 Å². The number of amides is 1. The number of para-hydroxylation sites is 1. The monoisotopic (exact) mass is 349 g/mol. The number of aromatic nitrogens is 2. The number of rotatable bonds is 3. The van der Waals surface area contributed by atoms with Crippen molar-refractivity contribution in [3.05, 3.63) is 66.1 Å². The van der Waals surface area contributed by atoms with Gasteiger partial charge in [0.2, 0.25) is 11.8 Å². The maximum absolute atomic E-state index is 13.1. The van der Waals surface area contributed by atoms with E-state index < -0.39 is 5.79 Å². The maximum atomic E-state index is 13.1. The van der Waals surface area contributed by atoms with Crippen molar-refractivity contribution in [3.8, 4) is 11.5 Å². The number of benzene rings is 2. The quantitative estimate of drug-likeness (QED) is 0.723. The van der Waals surface area contributed by atoms with Gasteiger partial charge in [-0.25, -0.2) is 0 Å². The first kappa shape index (κ1) is 15.2. The van der Waals surface area contributed by atoms with Gasteiger partial charge < -0.3 is 13.9 Å². The predicted octanol–water partition coefficient (Wildman–Crippen LogP) is 2.48. The van der Waals surface area contributed by atoms with Gasteiger partial charge in [-0.3, -0.25) is 9.69 Å². The third-order valence-corrected chi connectivity index (χ3v) is 4.55. The van der Waals surface area contributed by atoms with E-state index in [2.05, 4.69) is 10.2 Å². The number of nitrogens with zero attached hydrogens (tertiary/aromatic N) is 3.